The van der Waals surface area contributed by atoms with Crippen molar-refractivity contribution in [3.63, 3.8) is 0 Å². The van der Waals surface area contributed by atoms with Crippen molar-refractivity contribution in [1.29, 1.82) is 0 Å². The van der Waals surface area contributed by atoms with Crippen molar-refractivity contribution in [3.05, 3.63) is 72.3 Å². The lowest BCUT2D eigenvalue weighted by atomic mass is 10.1. The zero-order chi connectivity index (χ0) is 20.1. The molecule has 5 heterocycles. The van der Waals surface area contributed by atoms with Crippen molar-refractivity contribution in [3.8, 4) is 11.6 Å². The normalized spacial score (nSPS) is 18.3. The first-order valence-electron chi connectivity index (χ1n) is 10.1. The van der Waals surface area contributed by atoms with Gasteiger partial charge >= 0.3 is 0 Å². The SMILES string of the molecule is Nc1cc(N2C=C3C(CCN3Cc3ccccc3)C2)nc2nc(-c3ccco3)nn12. The van der Waals surface area contributed by atoms with Gasteiger partial charge in [-0.15, -0.1) is 5.10 Å². The van der Waals surface area contributed by atoms with Crippen molar-refractivity contribution < 1.29 is 4.42 Å². The average molecular weight is 399 g/mol. The molecule has 30 heavy (non-hydrogen) atoms. The fraction of sp³-hybridized carbons (Fsp3) is 0.227. The number of fused-ring (bicyclic) bond motifs is 2. The molecule has 0 bridgehead atoms. The van der Waals surface area contributed by atoms with E-state index in [1.165, 1.54) is 11.3 Å². The Labute approximate surface area is 173 Å². The van der Waals surface area contributed by atoms with E-state index in [1.807, 2.05) is 12.1 Å². The van der Waals surface area contributed by atoms with Crippen molar-refractivity contribution in [1.82, 2.24) is 24.5 Å². The van der Waals surface area contributed by atoms with E-state index in [2.05, 4.69) is 56.4 Å². The summed E-state index contributed by atoms with van der Waals surface area (Å²) in [6.07, 6.45) is 4.96. The number of nitrogen functional groups attached to an aromatic ring is 1. The van der Waals surface area contributed by atoms with Crippen molar-refractivity contribution in [2.45, 2.75) is 13.0 Å². The fourth-order valence-electron chi connectivity index (χ4n) is 4.34. The van der Waals surface area contributed by atoms with Gasteiger partial charge in [-0.3, -0.25) is 0 Å². The first-order valence-corrected chi connectivity index (χ1v) is 10.1. The first kappa shape index (κ1) is 17.1. The lowest BCUT2D eigenvalue weighted by Gasteiger charge is -2.20. The molecule has 3 aromatic heterocycles. The molecular formula is C22H21N7O. The maximum atomic E-state index is 6.27. The number of likely N-dealkylation sites (tertiary alicyclic amines) is 1. The molecule has 2 aliphatic rings. The third kappa shape index (κ3) is 2.80. The van der Waals surface area contributed by atoms with Gasteiger partial charge < -0.3 is 20.0 Å². The van der Waals surface area contributed by atoms with E-state index in [-0.39, 0.29) is 0 Å². The number of nitrogens with two attached hydrogens (primary N) is 1. The summed E-state index contributed by atoms with van der Waals surface area (Å²) in [5.74, 6) is 3.34. The van der Waals surface area contributed by atoms with Crippen LogP contribution in [0, 0.1) is 5.92 Å². The number of aromatic nitrogens is 4. The van der Waals surface area contributed by atoms with Crippen molar-refractivity contribution in [2.24, 2.45) is 5.92 Å². The molecule has 1 fully saturated rings. The number of anilines is 2. The number of benzene rings is 1. The summed E-state index contributed by atoms with van der Waals surface area (Å²) >= 11 is 0. The molecule has 150 valence electrons. The van der Waals surface area contributed by atoms with E-state index >= 15 is 0 Å². The standard InChI is InChI=1S/C22H21N7O/c23-19-11-20(24-22-25-21(26-29(19)22)18-7-4-10-30-18)28-13-16-8-9-27(17(16)14-28)12-15-5-2-1-3-6-15/h1-7,10-11,14,16H,8-9,12-13,23H2. The minimum Gasteiger partial charge on any atom is -0.461 e. The van der Waals surface area contributed by atoms with Crippen LogP contribution in [0.4, 0.5) is 11.6 Å². The van der Waals surface area contributed by atoms with Crippen LogP contribution in [0.2, 0.25) is 0 Å². The first-order chi connectivity index (χ1) is 14.7. The van der Waals surface area contributed by atoms with Gasteiger partial charge in [0.15, 0.2) is 5.76 Å². The minimum atomic E-state index is 0.466. The molecule has 0 radical (unpaired) electrons. The summed E-state index contributed by atoms with van der Waals surface area (Å²) in [6.45, 7) is 2.93. The summed E-state index contributed by atoms with van der Waals surface area (Å²) in [7, 11) is 0. The molecule has 1 atom stereocenters. The molecule has 1 saturated heterocycles. The van der Waals surface area contributed by atoms with Crippen molar-refractivity contribution >= 4 is 17.4 Å². The lowest BCUT2D eigenvalue weighted by molar-refractivity contribution is 0.384. The van der Waals surface area contributed by atoms with Crippen LogP contribution in [-0.4, -0.2) is 37.6 Å². The molecule has 1 aromatic carbocycles. The van der Waals surface area contributed by atoms with E-state index in [4.69, 9.17) is 15.1 Å². The molecule has 8 heteroatoms. The summed E-state index contributed by atoms with van der Waals surface area (Å²) in [4.78, 5) is 13.9. The zero-order valence-corrected chi connectivity index (χ0v) is 16.3. The quantitative estimate of drug-likeness (QED) is 0.564. The van der Waals surface area contributed by atoms with Crippen LogP contribution in [0.15, 0.2) is 71.1 Å². The molecule has 8 nitrogen and oxygen atoms in total. The molecule has 0 spiro atoms. The fourth-order valence-corrected chi connectivity index (χ4v) is 4.34. The molecule has 0 amide bonds. The number of hydrogen-bond donors (Lipinski definition) is 1. The van der Waals surface area contributed by atoms with Gasteiger partial charge in [0.1, 0.15) is 11.6 Å². The third-order valence-electron chi connectivity index (χ3n) is 5.81. The van der Waals surface area contributed by atoms with E-state index in [1.54, 1.807) is 16.8 Å². The Morgan fingerprint density at radius 3 is 2.83 bits per heavy atom. The van der Waals surface area contributed by atoms with Crippen LogP contribution in [-0.2, 0) is 6.54 Å². The smallest absolute Gasteiger partial charge is 0.256 e. The third-order valence-corrected chi connectivity index (χ3v) is 5.81. The van der Waals surface area contributed by atoms with Gasteiger partial charge in [0.25, 0.3) is 5.78 Å². The maximum Gasteiger partial charge on any atom is 0.256 e. The highest BCUT2D eigenvalue weighted by Gasteiger charge is 2.35. The summed E-state index contributed by atoms with van der Waals surface area (Å²) in [5, 5.41) is 4.42. The monoisotopic (exact) mass is 399 g/mol. The Bertz CT molecular complexity index is 1230. The second-order valence-corrected chi connectivity index (χ2v) is 7.76. The van der Waals surface area contributed by atoms with E-state index < -0.39 is 0 Å². The highest BCUT2D eigenvalue weighted by molar-refractivity contribution is 5.59. The highest BCUT2D eigenvalue weighted by atomic mass is 16.3. The Balaban J connectivity index is 1.30. The van der Waals surface area contributed by atoms with Crippen LogP contribution >= 0.6 is 0 Å². The maximum absolute atomic E-state index is 6.27. The lowest BCUT2D eigenvalue weighted by Crippen LogP contribution is -2.20. The molecule has 6 rings (SSSR count). The molecule has 1 unspecified atom stereocenters. The van der Waals surface area contributed by atoms with Gasteiger partial charge in [-0.25, -0.2) is 0 Å². The van der Waals surface area contributed by atoms with Crippen LogP contribution in [0.5, 0.6) is 0 Å². The van der Waals surface area contributed by atoms with Gasteiger partial charge in [0, 0.05) is 43.5 Å². The van der Waals surface area contributed by atoms with Gasteiger partial charge in [-0.2, -0.15) is 14.5 Å². The van der Waals surface area contributed by atoms with Gasteiger partial charge in [-0.1, -0.05) is 30.3 Å². The largest absolute Gasteiger partial charge is 0.461 e. The Morgan fingerprint density at radius 2 is 2.00 bits per heavy atom. The van der Waals surface area contributed by atoms with Gasteiger partial charge in [-0.05, 0) is 24.1 Å². The highest BCUT2D eigenvalue weighted by Crippen LogP contribution is 2.37. The van der Waals surface area contributed by atoms with Crippen LogP contribution in [0.25, 0.3) is 17.4 Å². The second-order valence-electron chi connectivity index (χ2n) is 7.76. The summed E-state index contributed by atoms with van der Waals surface area (Å²) in [5.41, 5.74) is 8.97. The molecular weight excluding hydrogens is 378 g/mol. The zero-order valence-electron chi connectivity index (χ0n) is 16.3. The van der Waals surface area contributed by atoms with Crippen molar-refractivity contribution in [2.75, 3.05) is 23.7 Å². The minimum absolute atomic E-state index is 0.466. The van der Waals surface area contributed by atoms with E-state index in [0.717, 1.165) is 31.9 Å². The summed E-state index contributed by atoms with van der Waals surface area (Å²) in [6, 6.07) is 16.1. The topological polar surface area (TPSA) is 88.7 Å². The Morgan fingerprint density at radius 1 is 1.10 bits per heavy atom. The second kappa shape index (κ2) is 6.62. The number of furan rings is 1. The Kier molecular flexibility index (Phi) is 3.77. The predicted molar refractivity (Wildman–Crippen MR) is 113 cm³/mol. The van der Waals surface area contributed by atoms with Gasteiger partial charge in [0.05, 0.1) is 6.26 Å². The molecule has 0 saturated carbocycles. The summed E-state index contributed by atoms with van der Waals surface area (Å²) < 4.78 is 6.95. The predicted octanol–water partition coefficient (Wildman–Crippen LogP) is 3.15. The number of nitrogens with zero attached hydrogens (tertiary/aromatic N) is 6. The Hall–Kier alpha value is -3.81. The number of rotatable bonds is 4. The van der Waals surface area contributed by atoms with E-state index in [0.29, 0.717) is 29.1 Å². The van der Waals surface area contributed by atoms with Crippen LogP contribution < -0.4 is 10.6 Å². The molecule has 2 N–H and O–H groups in total. The van der Waals surface area contributed by atoms with Crippen LogP contribution in [0.1, 0.15) is 12.0 Å². The van der Waals surface area contributed by atoms with Gasteiger partial charge in [0.2, 0.25) is 5.82 Å². The number of hydrogen-bond acceptors (Lipinski definition) is 7. The average Bonchev–Trinajstić information content (AvgIpc) is 3.53. The molecule has 4 aromatic rings. The van der Waals surface area contributed by atoms with Crippen LogP contribution in [0.3, 0.4) is 0 Å². The molecule has 2 aliphatic heterocycles. The molecule has 0 aliphatic carbocycles. The van der Waals surface area contributed by atoms with E-state index in [9.17, 15) is 0 Å².